The molecule has 1 amide bonds. The van der Waals surface area contributed by atoms with Gasteiger partial charge in [-0.15, -0.1) is 0 Å². The number of carbonyl (C=O) groups excluding carboxylic acids is 1. The summed E-state index contributed by atoms with van der Waals surface area (Å²) in [7, 11) is 0. The Balaban J connectivity index is 1.35. The van der Waals surface area contributed by atoms with Crippen molar-refractivity contribution >= 4 is 11.7 Å². The van der Waals surface area contributed by atoms with E-state index in [9.17, 15) is 9.18 Å². The summed E-state index contributed by atoms with van der Waals surface area (Å²) in [6, 6.07) is 14.0. The van der Waals surface area contributed by atoms with Crippen molar-refractivity contribution in [3.05, 3.63) is 59.9 Å². The fraction of sp³-hybridized carbons (Fsp3) is 0.385. The maximum atomic E-state index is 13.2. The van der Waals surface area contributed by atoms with Crippen LogP contribution in [-0.4, -0.2) is 48.4 Å². The van der Waals surface area contributed by atoms with Gasteiger partial charge in [-0.2, -0.15) is 5.10 Å². The lowest BCUT2D eigenvalue weighted by atomic mass is 10.0. The second kappa shape index (κ2) is 11.0. The van der Waals surface area contributed by atoms with Crippen molar-refractivity contribution in [3.8, 4) is 22.8 Å². The molecule has 7 nitrogen and oxygen atoms in total. The van der Waals surface area contributed by atoms with Crippen molar-refractivity contribution in [1.82, 2.24) is 15.5 Å². The van der Waals surface area contributed by atoms with Gasteiger partial charge in [0.1, 0.15) is 5.82 Å². The predicted molar refractivity (Wildman–Crippen MR) is 130 cm³/mol. The average molecular weight is 467 g/mol. The second-order valence-corrected chi connectivity index (χ2v) is 8.32. The van der Waals surface area contributed by atoms with Gasteiger partial charge in [0.2, 0.25) is 5.91 Å². The summed E-state index contributed by atoms with van der Waals surface area (Å²) >= 11 is 0. The summed E-state index contributed by atoms with van der Waals surface area (Å²) < 4.78 is 24.5. The zero-order chi connectivity index (χ0) is 23.9. The Morgan fingerprint density at radius 2 is 1.88 bits per heavy atom. The molecule has 3 aromatic rings. The zero-order valence-corrected chi connectivity index (χ0v) is 19.6. The van der Waals surface area contributed by atoms with Crippen LogP contribution in [0.2, 0.25) is 0 Å². The number of aromatic nitrogens is 2. The van der Waals surface area contributed by atoms with E-state index in [1.165, 1.54) is 12.1 Å². The minimum absolute atomic E-state index is 0.0208. The van der Waals surface area contributed by atoms with E-state index < -0.39 is 0 Å². The fourth-order valence-electron chi connectivity index (χ4n) is 4.22. The van der Waals surface area contributed by atoms with Gasteiger partial charge in [-0.3, -0.25) is 9.89 Å². The van der Waals surface area contributed by atoms with E-state index in [1.54, 1.807) is 12.1 Å². The summed E-state index contributed by atoms with van der Waals surface area (Å²) in [4.78, 5) is 14.9. The van der Waals surface area contributed by atoms with Crippen LogP contribution in [0.4, 0.5) is 10.2 Å². The van der Waals surface area contributed by atoms with Crippen LogP contribution >= 0.6 is 0 Å². The third-order valence-electron chi connectivity index (χ3n) is 5.80. The number of hydrogen-bond donors (Lipinski definition) is 2. The quantitative estimate of drug-likeness (QED) is 0.490. The maximum absolute atomic E-state index is 13.2. The summed E-state index contributed by atoms with van der Waals surface area (Å²) in [6.45, 7) is 6.50. The van der Waals surface area contributed by atoms with Crippen LogP contribution in [0.15, 0.2) is 48.5 Å². The molecule has 1 saturated heterocycles. The number of aromatic amines is 1. The Hall–Kier alpha value is -3.55. The van der Waals surface area contributed by atoms with Crippen molar-refractivity contribution in [2.75, 3.05) is 31.2 Å². The standard InChI is InChI=1S/C26H31FN4O3/c1-3-33-23-12-7-18(14-24(23)34-4-2)15-26(32)28-21-6-5-13-31(17-21)25-16-22(29-30-25)19-8-10-20(27)11-9-19/h7-12,14,16,21H,3-6,13,15,17H2,1-2H3,(H,28,32)(H,29,30)/t21-/m0/s1. The minimum Gasteiger partial charge on any atom is -0.490 e. The molecule has 2 heterocycles. The van der Waals surface area contributed by atoms with Crippen LogP contribution in [0.1, 0.15) is 32.3 Å². The van der Waals surface area contributed by atoms with Gasteiger partial charge in [-0.05, 0) is 74.2 Å². The number of anilines is 1. The zero-order valence-electron chi connectivity index (χ0n) is 19.6. The number of rotatable bonds is 9. The Morgan fingerprint density at radius 1 is 1.12 bits per heavy atom. The van der Waals surface area contributed by atoms with Crippen LogP contribution in [-0.2, 0) is 11.2 Å². The summed E-state index contributed by atoms with van der Waals surface area (Å²) in [5.41, 5.74) is 2.60. The molecule has 0 radical (unpaired) electrons. The Bertz CT molecular complexity index is 1100. The summed E-state index contributed by atoms with van der Waals surface area (Å²) in [6.07, 6.45) is 2.16. The molecule has 1 aliphatic heterocycles. The highest BCUT2D eigenvalue weighted by Crippen LogP contribution is 2.29. The molecule has 0 bridgehead atoms. The van der Waals surface area contributed by atoms with Crippen LogP contribution in [0.25, 0.3) is 11.3 Å². The number of nitrogens with zero attached hydrogens (tertiary/aromatic N) is 2. The summed E-state index contributed by atoms with van der Waals surface area (Å²) in [5.74, 6) is 1.89. The van der Waals surface area contributed by atoms with Crippen molar-refractivity contribution in [2.45, 2.75) is 39.2 Å². The van der Waals surface area contributed by atoms with E-state index in [4.69, 9.17) is 9.47 Å². The largest absolute Gasteiger partial charge is 0.490 e. The lowest BCUT2D eigenvalue weighted by Gasteiger charge is -2.33. The van der Waals surface area contributed by atoms with Gasteiger partial charge >= 0.3 is 0 Å². The highest BCUT2D eigenvalue weighted by molar-refractivity contribution is 5.79. The number of H-pyrrole nitrogens is 1. The van der Waals surface area contributed by atoms with Gasteiger partial charge in [0.05, 0.1) is 25.3 Å². The fourth-order valence-corrected chi connectivity index (χ4v) is 4.22. The molecule has 1 atom stereocenters. The Kier molecular flexibility index (Phi) is 7.67. The van der Waals surface area contributed by atoms with E-state index in [2.05, 4.69) is 20.4 Å². The van der Waals surface area contributed by atoms with Gasteiger partial charge in [0, 0.05) is 25.2 Å². The third kappa shape index (κ3) is 5.87. The smallest absolute Gasteiger partial charge is 0.224 e. The number of benzene rings is 2. The van der Waals surface area contributed by atoms with Crippen LogP contribution in [0.3, 0.4) is 0 Å². The molecule has 8 heteroatoms. The lowest BCUT2D eigenvalue weighted by Crippen LogP contribution is -2.48. The number of halogens is 1. The van der Waals surface area contributed by atoms with Crippen molar-refractivity contribution in [1.29, 1.82) is 0 Å². The number of carbonyl (C=O) groups is 1. The van der Waals surface area contributed by atoms with Gasteiger partial charge in [-0.25, -0.2) is 4.39 Å². The molecule has 2 N–H and O–H groups in total. The first-order valence-corrected chi connectivity index (χ1v) is 11.8. The Labute approximate surface area is 199 Å². The molecular weight excluding hydrogens is 435 g/mol. The molecule has 1 aliphatic rings. The molecule has 1 aromatic heterocycles. The van der Waals surface area contributed by atoms with E-state index in [1.807, 2.05) is 38.1 Å². The van der Waals surface area contributed by atoms with Crippen LogP contribution in [0.5, 0.6) is 11.5 Å². The molecule has 180 valence electrons. The molecule has 0 spiro atoms. The van der Waals surface area contributed by atoms with E-state index in [0.29, 0.717) is 31.3 Å². The van der Waals surface area contributed by atoms with Gasteiger partial charge in [-0.1, -0.05) is 6.07 Å². The lowest BCUT2D eigenvalue weighted by molar-refractivity contribution is -0.121. The molecule has 1 fully saturated rings. The van der Waals surface area contributed by atoms with E-state index >= 15 is 0 Å². The van der Waals surface area contributed by atoms with Crippen molar-refractivity contribution in [2.24, 2.45) is 0 Å². The number of nitrogens with one attached hydrogen (secondary N) is 2. The molecule has 0 saturated carbocycles. The van der Waals surface area contributed by atoms with Crippen molar-refractivity contribution in [3.63, 3.8) is 0 Å². The third-order valence-corrected chi connectivity index (χ3v) is 5.80. The molecular formula is C26H31FN4O3. The topological polar surface area (TPSA) is 79.5 Å². The first-order chi connectivity index (χ1) is 16.6. The van der Waals surface area contributed by atoms with E-state index in [-0.39, 0.29) is 24.2 Å². The maximum Gasteiger partial charge on any atom is 0.224 e. The number of piperidine rings is 1. The molecule has 2 aromatic carbocycles. The molecule has 0 unspecified atom stereocenters. The summed E-state index contributed by atoms with van der Waals surface area (Å²) in [5, 5.41) is 10.6. The van der Waals surface area contributed by atoms with Crippen LogP contribution in [0, 0.1) is 5.82 Å². The predicted octanol–water partition coefficient (Wildman–Crippen LogP) is 4.34. The molecule has 0 aliphatic carbocycles. The molecule has 4 rings (SSSR count). The average Bonchev–Trinajstić information content (AvgIpc) is 3.32. The van der Waals surface area contributed by atoms with Gasteiger partial charge < -0.3 is 19.7 Å². The van der Waals surface area contributed by atoms with E-state index in [0.717, 1.165) is 42.0 Å². The monoisotopic (exact) mass is 466 g/mol. The number of ether oxygens (including phenoxy) is 2. The Morgan fingerprint density at radius 3 is 2.65 bits per heavy atom. The molecule has 34 heavy (non-hydrogen) atoms. The second-order valence-electron chi connectivity index (χ2n) is 8.32. The van der Waals surface area contributed by atoms with Crippen molar-refractivity contribution < 1.29 is 18.7 Å². The van der Waals surface area contributed by atoms with Crippen LogP contribution < -0.4 is 19.7 Å². The highest BCUT2D eigenvalue weighted by Gasteiger charge is 2.23. The number of amides is 1. The van der Waals surface area contributed by atoms with Gasteiger partial charge in [0.15, 0.2) is 17.3 Å². The van der Waals surface area contributed by atoms with Gasteiger partial charge in [0.25, 0.3) is 0 Å². The first-order valence-electron chi connectivity index (χ1n) is 11.8. The first kappa shape index (κ1) is 23.6. The normalized spacial score (nSPS) is 15.7. The number of hydrogen-bond acceptors (Lipinski definition) is 5. The SMILES string of the molecule is CCOc1ccc(CC(=O)N[C@H]2CCCN(c3cc(-c4ccc(F)cc4)[nH]n3)C2)cc1OCC. The highest BCUT2D eigenvalue weighted by atomic mass is 19.1. The minimum atomic E-state index is -0.266.